The van der Waals surface area contributed by atoms with Crippen molar-refractivity contribution in [1.82, 2.24) is 4.72 Å². The van der Waals surface area contributed by atoms with E-state index < -0.39 is 33.6 Å². The van der Waals surface area contributed by atoms with Crippen molar-refractivity contribution in [3.05, 3.63) is 29.6 Å². The van der Waals surface area contributed by atoms with Crippen LogP contribution in [-0.4, -0.2) is 39.7 Å². The third kappa shape index (κ3) is 3.80. The Kier molecular flexibility index (Phi) is 4.77. The molecule has 7 nitrogen and oxygen atoms in total. The van der Waals surface area contributed by atoms with E-state index in [1.54, 1.807) is 0 Å². The van der Waals surface area contributed by atoms with E-state index in [2.05, 4.69) is 10.1 Å². The highest BCUT2D eigenvalue weighted by Gasteiger charge is 2.32. The first-order valence-corrected chi connectivity index (χ1v) is 8.10. The van der Waals surface area contributed by atoms with Crippen molar-refractivity contribution in [1.29, 1.82) is 0 Å². The predicted octanol–water partition coefficient (Wildman–Crippen LogP) is 0.344. The maximum atomic E-state index is 13.2. The van der Waals surface area contributed by atoms with E-state index in [-0.39, 0.29) is 24.5 Å². The number of methoxy groups -OCH3 is 1. The van der Waals surface area contributed by atoms with Crippen molar-refractivity contribution < 1.29 is 27.1 Å². The minimum absolute atomic E-state index is 0.0600. The lowest BCUT2D eigenvalue weighted by Crippen LogP contribution is -2.39. The normalized spacial score (nSPS) is 17.5. The summed E-state index contributed by atoms with van der Waals surface area (Å²) in [5.41, 5.74) is 0.547. The van der Waals surface area contributed by atoms with Crippen LogP contribution in [0.3, 0.4) is 0 Å². The second-order valence-electron chi connectivity index (χ2n) is 4.81. The first kappa shape index (κ1) is 16.4. The van der Waals surface area contributed by atoms with E-state index in [4.69, 9.17) is 0 Å². The molecule has 9 heteroatoms. The summed E-state index contributed by atoms with van der Waals surface area (Å²) in [6, 6.07) is 3.60. The molecule has 0 aliphatic carbocycles. The second-order valence-corrected chi connectivity index (χ2v) is 6.66. The highest BCUT2D eigenvalue weighted by Crippen LogP contribution is 2.32. The number of amides is 2. The van der Waals surface area contributed by atoms with Gasteiger partial charge >= 0.3 is 0 Å². The standard InChI is InChI=1S/C13H15FN2O5S/c1-21-4-5-22(19,20)16-13(18)10-7-12(17)15-11-6-8(14)2-3-9(10)11/h2-3,6,10H,4-5,7H2,1H3,(H,15,17)(H,16,18)/t10-/m1/s1. The molecule has 2 amide bonds. The molecular formula is C13H15FN2O5S. The molecule has 1 heterocycles. The van der Waals surface area contributed by atoms with Crippen LogP contribution >= 0.6 is 0 Å². The van der Waals surface area contributed by atoms with Crippen LogP contribution in [0.2, 0.25) is 0 Å². The Morgan fingerprint density at radius 1 is 1.50 bits per heavy atom. The molecule has 22 heavy (non-hydrogen) atoms. The first-order chi connectivity index (χ1) is 10.3. The fourth-order valence-electron chi connectivity index (χ4n) is 2.14. The molecule has 1 aliphatic rings. The third-order valence-electron chi connectivity index (χ3n) is 3.18. The van der Waals surface area contributed by atoms with Gasteiger partial charge in [-0.1, -0.05) is 6.07 Å². The van der Waals surface area contributed by atoms with Crippen LogP contribution in [0.1, 0.15) is 17.9 Å². The molecule has 120 valence electrons. The van der Waals surface area contributed by atoms with Crippen LogP contribution in [0.4, 0.5) is 10.1 Å². The molecule has 0 spiro atoms. The van der Waals surface area contributed by atoms with Crippen LogP contribution in [0.25, 0.3) is 0 Å². The number of fused-ring (bicyclic) bond motifs is 1. The monoisotopic (exact) mass is 330 g/mol. The van der Waals surface area contributed by atoms with Crippen LogP contribution < -0.4 is 10.0 Å². The molecule has 0 unspecified atom stereocenters. The van der Waals surface area contributed by atoms with E-state index in [0.717, 1.165) is 12.1 Å². The van der Waals surface area contributed by atoms with Crippen molar-refractivity contribution >= 4 is 27.5 Å². The van der Waals surface area contributed by atoms with Gasteiger partial charge in [-0.2, -0.15) is 0 Å². The molecule has 0 radical (unpaired) electrons. The minimum Gasteiger partial charge on any atom is -0.384 e. The zero-order valence-corrected chi connectivity index (χ0v) is 12.6. The van der Waals surface area contributed by atoms with Crippen LogP contribution in [0.15, 0.2) is 18.2 Å². The number of sulfonamides is 1. The molecule has 2 rings (SSSR count). The average Bonchev–Trinajstić information content (AvgIpc) is 2.43. The molecule has 1 aromatic carbocycles. The number of nitrogens with one attached hydrogen (secondary N) is 2. The fraction of sp³-hybridized carbons (Fsp3) is 0.385. The Hall–Kier alpha value is -2.00. The quantitative estimate of drug-likeness (QED) is 0.811. The lowest BCUT2D eigenvalue weighted by molar-refractivity contribution is -0.125. The summed E-state index contributed by atoms with van der Waals surface area (Å²) in [5.74, 6) is -3.22. The molecule has 1 aliphatic heterocycles. The van der Waals surface area contributed by atoms with Crippen LogP contribution in [-0.2, 0) is 24.3 Å². The molecule has 2 N–H and O–H groups in total. The van der Waals surface area contributed by atoms with Gasteiger partial charge in [0.1, 0.15) is 5.82 Å². The number of hydrogen-bond acceptors (Lipinski definition) is 5. The lowest BCUT2D eigenvalue weighted by Gasteiger charge is -2.24. The Bertz CT molecular complexity index is 704. The highest BCUT2D eigenvalue weighted by molar-refractivity contribution is 7.90. The van der Waals surface area contributed by atoms with Gasteiger partial charge in [-0.15, -0.1) is 0 Å². The zero-order chi connectivity index (χ0) is 16.3. The van der Waals surface area contributed by atoms with Gasteiger partial charge in [0, 0.05) is 19.2 Å². The van der Waals surface area contributed by atoms with E-state index >= 15 is 0 Å². The Labute approximate surface area is 126 Å². The topological polar surface area (TPSA) is 102 Å². The summed E-state index contributed by atoms with van der Waals surface area (Å²) < 4.78 is 43.2. The van der Waals surface area contributed by atoms with Crippen LogP contribution in [0.5, 0.6) is 0 Å². The summed E-state index contributed by atoms with van der Waals surface area (Å²) in [7, 11) is -2.51. The van der Waals surface area contributed by atoms with E-state index in [9.17, 15) is 22.4 Å². The average molecular weight is 330 g/mol. The summed E-state index contributed by atoms with van der Waals surface area (Å²) in [4.78, 5) is 23.8. The van der Waals surface area contributed by atoms with Gasteiger partial charge in [-0.3, -0.25) is 14.3 Å². The highest BCUT2D eigenvalue weighted by atomic mass is 32.2. The van der Waals surface area contributed by atoms with Crippen LogP contribution in [0, 0.1) is 5.82 Å². The van der Waals surface area contributed by atoms with Gasteiger partial charge in [0.05, 0.1) is 18.3 Å². The Balaban J connectivity index is 2.22. The Morgan fingerprint density at radius 2 is 2.23 bits per heavy atom. The third-order valence-corrected chi connectivity index (χ3v) is 4.40. The molecule has 0 bridgehead atoms. The lowest BCUT2D eigenvalue weighted by atomic mass is 9.90. The van der Waals surface area contributed by atoms with E-state index in [1.807, 2.05) is 4.72 Å². The van der Waals surface area contributed by atoms with E-state index in [1.165, 1.54) is 13.2 Å². The summed E-state index contributed by atoms with van der Waals surface area (Å²) in [5, 5.41) is 2.45. The number of halogens is 1. The summed E-state index contributed by atoms with van der Waals surface area (Å²) in [6.45, 7) is -0.0600. The molecule has 1 aromatic rings. The van der Waals surface area contributed by atoms with Gasteiger partial charge < -0.3 is 10.1 Å². The maximum Gasteiger partial charge on any atom is 0.241 e. The molecule has 1 atom stereocenters. The van der Waals surface area contributed by atoms with Crippen molar-refractivity contribution in [3.63, 3.8) is 0 Å². The number of anilines is 1. The predicted molar refractivity (Wildman–Crippen MR) is 76.2 cm³/mol. The second kappa shape index (κ2) is 6.41. The van der Waals surface area contributed by atoms with Gasteiger partial charge in [0.15, 0.2) is 0 Å². The number of ether oxygens (including phenoxy) is 1. The van der Waals surface area contributed by atoms with Gasteiger partial charge in [-0.25, -0.2) is 12.8 Å². The van der Waals surface area contributed by atoms with Crippen molar-refractivity contribution in [3.8, 4) is 0 Å². The van der Waals surface area contributed by atoms with E-state index in [0.29, 0.717) is 5.56 Å². The SMILES string of the molecule is COCCS(=O)(=O)NC(=O)[C@@H]1CC(=O)Nc2cc(F)ccc21. The summed E-state index contributed by atoms with van der Waals surface area (Å²) >= 11 is 0. The largest absolute Gasteiger partial charge is 0.384 e. The number of hydrogen-bond donors (Lipinski definition) is 2. The van der Waals surface area contributed by atoms with Crippen molar-refractivity contribution in [2.24, 2.45) is 0 Å². The Morgan fingerprint density at radius 3 is 2.91 bits per heavy atom. The maximum absolute atomic E-state index is 13.2. The fourth-order valence-corrected chi connectivity index (χ4v) is 3.08. The van der Waals surface area contributed by atoms with Gasteiger partial charge in [0.2, 0.25) is 21.8 Å². The van der Waals surface area contributed by atoms with Crippen molar-refractivity contribution in [2.75, 3.05) is 24.8 Å². The minimum atomic E-state index is -3.85. The zero-order valence-electron chi connectivity index (χ0n) is 11.8. The number of rotatable bonds is 5. The molecular weight excluding hydrogens is 315 g/mol. The molecule has 0 aromatic heterocycles. The summed E-state index contributed by atoms with van der Waals surface area (Å²) in [6.07, 6.45) is -0.204. The molecule has 0 saturated heterocycles. The van der Waals surface area contributed by atoms with Crippen molar-refractivity contribution in [2.45, 2.75) is 12.3 Å². The molecule has 0 fully saturated rings. The first-order valence-electron chi connectivity index (χ1n) is 6.45. The van der Waals surface area contributed by atoms with Gasteiger partial charge in [0.25, 0.3) is 0 Å². The number of benzene rings is 1. The number of carbonyl (C=O) groups is 2. The van der Waals surface area contributed by atoms with Gasteiger partial charge in [-0.05, 0) is 17.7 Å². The smallest absolute Gasteiger partial charge is 0.241 e. The molecule has 0 saturated carbocycles. The number of carbonyl (C=O) groups excluding carboxylic acids is 2.